The van der Waals surface area contributed by atoms with Gasteiger partial charge >= 0.3 is 5.97 Å². The first-order chi connectivity index (χ1) is 5.20. The summed E-state index contributed by atoms with van der Waals surface area (Å²) in [6.45, 7) is 1.79. The summed E-state index contributed by atoms with van der Waals surface area (Å²) >= 11 is 0. The monoisotopic (exact) mass is 155 g/mol. The van der Waals surface area contributed by atoms with Crippen LogP contribution < -0.4 is 0 Å². The number of rotatable bonds is 3. The van der Waals surface area contributed by atoms with E-state index < -0.39 is 5.97 Å². The van der Waals surface area contributed by atoms with Crippen LogP contribution >= 0.6 is 0 Å². The van der Waals surface area contributed by atoms with Gasteiger partial charge in [-0.1, -0.05) is 0 Å². The van der Waals surface area contributed by atoms with E-state index in [9.17, 15) is 4.79 Å². The van der Waals surface area contributed by atoms with Crippen LogP contribution in [-0.2, 0) is 11.2 Å². The molecule has 0 spiro atoms. The van der Waals surface area contributed by atoms with Crippen molar-refractivity contribution in [1.29, 1.82) is 0 Å². The molecule has 0 saturated carbocycles. The van der Waals surface area contributed by atoms with Crippen molar-refractivity contribution in [3.8, 4) is 0 Å². The summed E-state index contributed by atoms with van der Waals surface area (Å²) in [7, 11) is 0. The molecule has 0 bridgehead atoms. The van der Waals surface area contributed by atoms with Gasteiger partial charge in [0.25, 0.3) is 0 Å². The Morgan fingerprint density at radius 1 is 1.82 bits per heavy atom. The lowest BCUT2D eigenvalue weighted by molar-refractivity contribution is -0.137. The third-order valence-electron chi connectivity index (χ3n) is 1.41. The van der Waals surface area contributed by atoms with Crippen LogP contribution in [0, 0.1) is 6.92 Å². The van der Waals surface area contributed by atoms with Gasteiger partial charge < -0.3 is 9.52 Å². The Hall–Kier alpha value is -1.32. The highest BCUT2D eigenvalue weighted by Crippen LogP contribution is 2.07. The van der Waals surface area contributed by atoms with Gasteiger partial charge in [-0.05, 0) is 6.92 Å². The Bertz CT molecular complexity index is 254. The summed E-state index contributed by atoms with van der Waals surface area (Å²) in [5, 5.41) is 8.34. The van der Waals surface area contributed by atoms with E-state index in [-0.39, 0.29) is 6.42 Å². The summed E-state index contributed by atoms with van der Waals surface area (Å²) in [5.41, 5.74) is 0.770. The van der Waals surface area contributed by atoms with Crippen LogP contribution in [0.5, 0.6) is 0 Å². The summed E-state index contributed by atoms with van der Waals surface area (Å²) < 4.78 is 4.94. The smallest absolute Gasteiger partial charge is 0.303 e. The fraction of sp³-hybridized carbons (Fsp3) is 0.429. The molecule has 0 radical (unpaired) electrons. The Kier molecular flexibility index (Phi) is 2.25. The van der Waals surface area contributed by atoms with Gasteiger partial charge in [-0.25, -0.2) is 4.98 Å². The van der Waals surface area contributed by atoms with Crippen molar-refractivity contribution in [1.82, 2.24) is 4.98 Å². The fourth-order valence-corrected chi connectivity index (χ4v) is 0.787. The van der Waals surface area contributed by atoms with E-state index >= 15 is 0 Å². The quantitative estimate of drug-likeness (QED) is 0.707. The van der Waals surface area contributed by atoms with Gasteiger partial charge in [-0.15, -0.1) is 0 Å². The van der Waals surface area contributed by atoms with Crippen molar-refractivity contribution in [3.63, 3.8) is 0 Å². The standard InChI is InChI=1S/C7H9NO3/c1-5-6(11-4-8-5)2-3-7(9)10/h4H,2-3H2,1H3,(H,9,10). The zero-order valence-corrected chi connectivity index (χ0v) is 6.20. The van der Waals surface area contributed by atoms with Crippen LogP contribution in [0.4, 0.5) is 0 Å². The molecule has 1 aromatic heterocycles. The minimum Gasteiger partial charge on any atom is -0.481 e. The second-order valence-corrected chi connectivity index (χ2v) is 2.25. The molecule has 11 heavy (non-hydrogen) atoms. The van der Waals surface area contributed by atoms with Crippen molar-refractivity contribution >= 4 is 5.97 Å². The normalized spacial score (nSPS) is 9.91. The number of aryl methyl sites for hydroxylation is 2. The maximum Gasteiger partial charge on any atom is 0.303 e. The molecular weight excluding hydrogens is 146 g/mol. The number of hydrogen-bond donors (Lipinski definition) is 1. The van der Waals surface area contributed by atoms with Gasteiger partial charge in [-0.3, -0.25) is 4.79 Å². The first kappa shape index (κ1) is 7.78. The molecular formula is C7H9NO3. The largest absolute Gasteiger partial charge is 0.481 e. The molecule has 0 aliphatic rings. The third kappa shape index (κ3) is 2.07. The number of carbonyl (C=O) groups is 1. The first-order valence-electron chi connectivity index (χ1n) is 3.31. The summed E-state index contributed by atoms with van der Waals surface area (Å²) in [6.07, 6.45) is 1.84. The number of oxazole rings is 1. The Labute approximate surface area is 63.9 Å². The molecule has 1 N–H and O–H groups in total. The van der Waals surface area contributed by atoms with Gasteiger partial charge in [0.1, 0.15) is 5.76 Å². The van der Waals surface area contributed by atoms with Crippen molar-refractivity contribution < 1.29 is 14.3 Å². The molecule has 0 saturated heterocycles. The maximum absolute atomic E-state index is 10.1. The minimum absolute atomic E-state index is 0.0933. The maximum atomic E-state index is 10.1. The van der Waals surface area contributed by atoms with E-state index in [1.54, 1.807) is 6.92 Å². The van der Waals surface area contributed by atoms with Crippen molar-refractivity contribution in [2.24, 2.45) is 0 Å². The van der Waals surface area contributed by atoms with Crippen LogP contribution in [0.15, 0.2) is 10.8 Å². The second kappa shape index (κ2) is 3.18. The van der Waals surface area contributed by atoms with Crippen LogP contribution in [0.1, 0.15) is 17.9 Å². The van der Waals surface area contributed by atoms with Crippen LogP contribution in [0.3, 0.4) is 0 Å². The molecule has 4 heteroatoms. The van der Waals surface area contributed by atoms with E-state index in [2.05, 4.69) is 4.98 Å². The van der Waals surface area contributed by atoms with Gasteiger partial charge in [0.15, 0.2) is 6.39 Å². The Balaban J connectivity index is 2.51. The third-order valence-corrected chi connectivity index (χ3v) is 1.41. The molecule has 1 heterocycles. The number of carboxylic acids is 1. The van der Waals surface area contributed by atoms with E-state index in [0.29, 0.717) is 12.2 Å². The highest BCUT2D eigenvalue weighted by molar-refractivity contribution is 5.66. The van der Waals surface area contributed by atoms with Gasteiger partial charge in [0.05, 0.1) is 12.1 Å². The molecule has 1 aromatic rings. The highest BCUT2D eigenvalue weighted by atomic mass is 16.4. The van der Waals surface area contributed by atoms with E-state index in [1.165, 1.54) is 6.39 Å². The molecule has 0 aromatic carbocycles. The summed E-state index contributed by atoms with van der Waals surface area (Å²) in [6, 6.07) is 0. The lowest BCUT2D eigenvalue weighted by Gasteiger charge is -1.91. The lowest BCUT2D eigenvalue weighted by Crippen LogP contribution is -1.97. The number of nitrogens with zero attached hydrogens (tertiary/aromatic N) is 1. The molecule has 0 atom stereocenters. The molecule has 0 fully saturated rings. The lowest BCUT2D eigenvalue weighted by atomic mass is 10.2. The van der Waals surface area contributed by atoms with Gasteiger partial charge in [-0.2, -0.15) is 0 Å². The predicted octanol–water partition coefficient (Wildman–Crippen LogP) is 1.00. The van der Waals surface area contributed by atoms with Crippen LogP contribution in [0.2, 0.25) is 0 Å². The second-order valence-electron chi connectivity index (χ2n) is 2.25. The fourth-order valence-electron chi connectivity index (χ4n) is 0.787. The van der Waals surface area contributed by atoms with Crippen LogP contribution in [0.25, 0.3) is 0 Å². The van der Waals surface area contributed by atoms with Gasteiger partial charge in [0, 0.05) is 6.42 Å². The topological polar surface area (TPSA) is 63.3 Å². The number of carboxylic acid groups (broad SMARTS) is 1. The molecule has 0 aliphatic carbocycles. The van der Waals surface area contributed by atoms with E-state index in [0.717, 1.165) is 5.69 Å². The van der Waals surface area contributed by atoms with Crippen molar-refractivity contribution in [2.75, 3.05) is 0 Å². The number of hydrogen-bond acceptors (Lipinski definition) is 3. The number of aromatic nitrogens is 1. The van der Waals surface area contributed by atoms with Gasteiger partial charge in [0.2, 0.25) is 0 Å². The molecule has 60 valence electrons. The molecule has 1 rings (SSSR count). The molecule has 0 unspecified atom stereocenters. The Morgan fingerprint density at radius 3 is 3.00 bits per heavy atom. The SMILES string of the molecule is Cc1ncoc1CCC(=O)O. The average Bonchev–Trinajstić information content (AvgIpc) is 2.31. The Morgan fingerprint density at radius 2 is 2.55 bits per heavy atom. The zero-order valence-electron chi connectivity index (χ0n) is 6.20. The first-order valence-corrected chi connectivity index (χ1v) is 3.31. The van der Waals surface area contributed by atoms with E-state index in [4.69, 9.17) is 9.52 Å². The van der Waals surface area contributed by atoms with Crippen molar-refractivity contribution in [2.45, 2.75) is 19.8 Å². The van der Waals surface area contributed by atoms with E-state index in [1.807, 2.05) is 0 Å². The predicted molar refractivity (Wildman–Crippen MR) is 37.2 cm³/mol. The zero-order chi connectivity index (χ0) is 8.27. The van der Waals surface area contributed by atoms with Crippen molar-refractivity contribution in [3.05, 3.63) is 17.8 Å². The molecule has 4 nitrogen and oxygen atoms in total. The van der Waals surface area contributed by atoms with Crippen LogP contribution in [-0.4, -0.2) is 16.1 Å². The number of aliphatic carboxylic acids is 1. The minimum atomic E-state index is -0.819. The average molecular weight is 155 g/mol. The molecule has 0 aliphatic heterocycles. The summed E-state index contributed by atoms with van der Waals surface area (Å²) in [5.74, 6) is -0.159. The molecule has 0 amide bonds. The highest BCUT2D eigenvalue weighted by Gasteiger charge is 2.05. The summed E-state index contributed by atoms with van der Waals surface area (Å²) in [4.78, 5) is 14.0.